The predicted molar refractivity (Wildman–Crippen MR) is 114 cm³/mol. The third kappa shape index (κ3) is 4.40. The fraction of sp³-hybridized carbons (Fsp3) is 0.105. The molecule has 1 N–H and O–H groups in total. The summed E-state index contributed by atoms with van der Waals surface area (Å²) in [6.07, 6.45) is 0.753. The van der Waals surface area contributed by atoms with Gasteiger partial charge in [0.25, 0.3) is 5.91 Å². The molecule has 0 saturated carbocycles. The highest BCUT2D eigenvalue weighted by atomic mass is 79.9. The molecule has 1 fully saturated rings. The molecule has 2 aromatic carbocycles. The van der Waals surface area contributed by atoms with Crippen molar-refractivity contribution in [3.8, 4) is 5.75 Å². The van der Waals surface area contributed by atoms with Gasteiger partial charge in [0.2, 0.25) is 0 Å². The van der Waals surface area contributed by atoms with Gasteiger partial charge in [-0.25, -0.2) is 4.79 Å². The molecule has 0 aromatic heterocycles. The number of benzene rings is 2. The van der Waals surface area contributed by atoms with E-state index in [1.54, 1.807) is 24.3 Å². The number of carbonyl (C=O) groups excluding carboxylic acids is 1. The van der Waals surface area contributed by atoms with Gasteiger partial charge in [0.05, 0.1) is 10.6 Å². The van der Waals surface area contributed by atoms with Crippen LogP contribution in [0.3, 0.4) is 0 Å². The molecule has 5 nitrogen and oxygen atoms in total. The van der Waals surface area contributed by atoms with Crippen molar-refractivity contribution in [2.24, 2.45) is 0 Å². The van der Waals surface area contributed by atoms with Gasteiger partial charge in [-0.05, 0) is 58.8 Å². The number of rotatable bonds is 5. The first kappa shape index (κ1) is 19.6. The molecule has 0 bridgehead atoms. The third-order valence-electron chi connectivity index (χ3n) is 3.70. The molecule has 1 amide bonds. The molecule has 1 atom stereocenters. The van der Waals surface area contributed by atoms with Crippen LogP contribution in [0.5, 0.6) is 5.75 Å². The van der Waals surface area contributed by atoms with E-state index in [2.05, 4.69) is 15.9 Å². The van der Waals surface area contributed by atoms with E-state index >= 15 is 0 Å². The van der Waals surface area contributed by atoms with Gasteiger partial charge in [0.15, 0.2) is 10.4 Å². The van der Waals surface area contributed by atoms with Crippen molar-refractivity contribution in [3.05, 3.63) is 63.5 Å². The molecule has 1 heterocycles. The molecule has 1 aliphatic rings. The zero-order chi connectivity index (χ0) is 19.6. The van der Waals surface area contributed by atoms with E-state index in [0.717, 1.165) is 10.0 Å². The van der Waals surface area contributed by atoms with Crippen LogP contribution in [0.15, 0.2) is 57.9 Å². The van der Waals surface area contributed by atoms with Crippen LogP contribution in [0.4, 0.5) is 5.69 Å². The van der Waals surface area contributed by atoms with Gasteiger partial charge in [-0.3, -0.25) is 9.69 Å². The maximum absolute atomic E-state index is 12.8. The maximum atomic E-state index is 12.8. The minimum atomic E-state index is -1.05. The van der Waals surface area contributed by atoms with E-state index in [4.69, 9.17) is 22.1 Å². The summed E-state index contributed by atoms with van der Waals surface area (Å²) in [6.45, 7) is 1.46. The van der Waals surface area contributed by atoms with Gasteiger partial charge < -0.3 is 9.84 Å². The average Bonchev–Trinajstić information content (AvgIpc) is 2.89. The Morgan fingerprint density at radius 3 is 2.74 bits per heavy atom. The zero-order valence-corrected chi connectivity index (χ0v) is 17.3. The highest BCUT2D eigenvalue weighted by molar-refractivity contribution is 9.10. The molecule has 138 valence electrons. The number of amides is 1. The first-order valence-corrected chi connectivity index (χ1v) is 9.90. The monoisotopic (exact) mass is 463 g/mol. The molecule has 1 unspecified atom stereocenters. The van der Waals surface area contributed by atoms with Crippen LogP contribution in [0.1, 0.15) is 12.5 Å². The number of para-hydroxylation sites is 1. The first-order valence-electron chi connectivity index (χ1n) is 7.89. The largest absolute Gasteiger partial charge is 0.479 e. The second kappa shape index (κ2) is 8.24. The number of aliphatic carboxylic acids is 1. The van der Waals surface area contributed by atoms with Crippen LogP contribution in [-0.2, 0) is 9.59 Å². The second-order valence-corrected chi connectivity index (χ2v) is 8.17. The van der Waals surface area contributed by atoms with Crippen LogP contribution < -0.4 is 9.64 Å². The van der Waals surface area contributed by atoms with Crippen LogP contribution in [0, 0.1) is 0 Å². The average molecular weight is 464 g/mol. The first-order chi connectivity index (χ1) is 12.9. The Kier molecular flexibility index (Phi) is 5.98. The number of halogens is 1. The van der Waals surface area contributed by atoms with E-state index in [0.29, 0.717) is 20.7 Å². The summed E-state index contributed by atoms with van der Waals surface area (Å²) in [5.74, 6) is -0.836. The second-order valence-electron chi connectivity index (χ2n) is 5.64. The highest BCUT2D eigenvalue weighted by Gasteiger charge is 2.34. The molecule has 0 radical (unpaired) electrons. The summed E-state index contributed by atoms with van der Waals surface area (Å²) in [6, 6.07) is 14.3. The lowest BCUT2D eigenvalue weighted by molar-refractivity contribution is -0.144. The summed E-state index contributed by atoms with van der Waals surface area (Å²) < 4.78 is 6.60. The molecule has 8 heteroatoms. The lowest BCUT2D eigenvalue weighted by Gasteiger charge is -2.15. The lowest BCUT2D eigenvalue weighted by atomic mass is 10.2. The van der Waals surface area contributed by atoms with Gasteiger partial charge in [-0.15, -0.1) is 0 Å². The molecule has 1 saturated heterocycles. The van der Waals surface area contributed by atoms with Crippen molar-refractivity contribution >= 4 is 67.9 Å². The summed E-state index contributed by atoms with van der Waals surface area (Å²) >= 11 is 10.0. The quantitative estimate of drug-likeness (QED) is 0.511. The van der Waals surface area contributed by atoms with Crippen molar-refractivity contribution in [2.75, 3.05) is 4.90 Å². The van der Waals surface area contributed by atoms with Crippen molar-refractivity contribution in [1.82, 2.24) is 0 Å². The molecule has 2 aromatic rings. The van der Waals surface area contributed by atoms with E-state index in [9.17, 15) is 9.59 Å². The van der Waals surface area contributed by atoms with E-state index in [1.165, 1.54) is 23.6 Å². The van der Waals surface area contributed by atoms with Crippen LogP contribution in [-0.4, -0.2) is 27.4 Å². The molecule has 3 rings (SSSR count). The topological polar surface area (TPSA) is 66.8 Å². The molecule has 27 heavy (non-hydrogen) atoms. The molecular formula is C19H14BrNO4S2. The Balaban J connectivity index is 1.86. The van der Waals surface area contributed by atoms with E-state index in [-0.39, 0.29) is 5.91 Å². The number of hydrogen-bond donors (Lipinski definition) is 1. The number of carbonyl (C=O) groups is 2. The molecule has 1 aliphatic heterocycles. The summed E-state index contributed by atoms with van der Waals surface area (Å²) in [7, 11) is 0. The van der Waals surface area contributed by atoms with Crippen molar-refractivity contribution in [1.29, 1.82) is 0 Å². The summed E-state index contributed by atoms with van der Waals surface area (Å²) in [5.41, 5.74) is 1.41. The van der Waals surface area contributed by atoms with Crippen LogP contribution in [0.2, 0.25) is 0 Å². The summed E-state index contributed by atoms with van der Waals surface area (Å²) in [4.78, 5) is 25.8. The Labute approximate surface area is 174 Å². The van der Waals surface area contributed by atoms with Gasteiger partial charge >= 0.3 is 5.97 Å². The number of nitrogens with zero attached hydrogens (tertiary/aromatic N) is 1. The fourth-order valence-electron chi connectivity index (χ4n) is 2.39. The summed E-state index contributed by atoms with van der Waals surface area (Å²) in [5, 5.41) is 8.96. The number of carboxylic acids is 1. The Bertz CT molecular complexity index is 960. The minimum Gasteiger partial charge on any atom is -0.479 e. The smallest absolute Gasteiger partial charge is 0.344 e. The molecular weight excluding hydrogens is 450 g/mol. The highest BCUT2D eigenvalue weighted by Crippen LogP contribution is 2.38. The predicted octanol–water partition coefficient (Wildman–Crippen LogP) is 4.71. The van der Waals surface area contributed by atoms with Gasteiger partial charge in [0.1, 0.15) is 5.75 Å². The van der Waals surface area contributed by atoms with Gasteiger partial charge in [0, 0.05) is 4.47 Å². The number of hydrogen-bond acceptors (Lipinski definition) is 5. The van der Waals surface area contributed by atoms with E-state index in [1.807, 2.05) is 30.3 Å². The number of ether oxygens (including phenoxy) is 1. The molecule has 0 spiro atoms. The fourth-order valence-corrected chi connectivity index (χ4v) is 4.14. The SMILES string of the molecule is CC(Oc1cccc(/C=C2/SC(=S)N(c3ccccc3Br)C2=O)c1)C(=O)O. The Hall–Kier alpha value is -2.16. The standard InChI is InChI=1S/C19H14BrNO4S2/c1-11(18(23)24)25-13-6-4-5-12(9-13)10-16-17(22)21(19(26)27-16)15-8-3-2-7-14(15)20/h2-11H,1H3,(H,23,24)/b16-10+. The zero-order valence-electron chi connectivity index (χ0n) is 14.1. The van der Waals surface area contributed by atoms with Crippen molar-refractivity contribution in [2.45, 2.75) is 13.0 Å². The normalized spacial score (nSPS) is 16.7. The Morgan fingerprint density at radius 1 is 1.30 bits per heavy atom. The lowest BCUT2D eigenvalue weighted by Crippen LogP contribution is -2.27. The number of thioether (sulfide) groups is 1. The van der Waals surface area contributed by atoms with Crippen LogP contribution in [0.25, 0.3) is 6.08 Å². The van der Waals surface area contributed by atoms with E-state index < -0.39 is 12.1 Å². The minimum absolute atomic E-state index is 0.206. The van der Waals surface area contributed by atoms with Crippen molar-refractivity contribution < 1.29 is 19.4 Å². The van der Waals surface area contributed by atoms with Crippen LogP contribution >= 0.6 is 39.9 Å². The molecule has 0 aliphatic carbocycles. The Morgan fingerprint density at radius 2 is 2.04 bits per heavy atom. The van der Waals surface area contributed by atoms with Gasteiger partial charge in [-0.1, -0.05) is 48.2 Å². The van der Waals surface area contributed by atoms with Gasteiger partial charge in [-0.2, -0.15) is 0 Å². The number of thiocarbonyl (C=S) groups is 1. The third-order valence-corrected chi connectivity index (χ3v) is 5.68. The number of anilines is 1. The van der Waals surface area contributed by atoms with Crippen molar-refractivity contribution in [3.63, 3.8) is 0 Å². The maximum Gasteiger partial charge on any atom is 0.344 e. The number of carboxylic acid groups (broad SMARTS) is 1.